The SMILES string of the molecule is Cc1nn(-c2ccc(F)cc2)c(C)c1CC(=O)Nc1ncn(Cc2ccc(Br)cc2)n1. The summed E-state index contributed by atoms with van der Waals surface area (Å²) in [7, 11) is 0. The Balaban J connectivity index is 1.43. The minimum atomic E-state index is -0.308. The minimum absolute atomic E-state index is 0.139. The number of halogens is 2. The van der Waals surface area contributed by atoms with Gasteiger partial charge in [-0.05, 0) is 55.8 Å². The molecule has 1 amide bonds. The lowest BCUT2D eigenvalue weighted by Gasteiger charge is -2.06. The second-order valence-electron chi connectivity index (χ2n) is 7.15. The van der Waals surface area contributed by atoms with Crippen LogP contribution in [0, 0.1) is 19.7 Å². The maximum Gasteiger partial charge on any atom is 0.248 e. The number of amides is 1. The zero-order valence-electron chi connectivity index (χ0n) is 17.0. The van der Waals surface area contributed by atoms with Crippen molar-refractivity contribution in [2.75, 3.05) is 5.32 Å². The van der Waals surface area contributed by atoms with Crippen molar-refractivity contribution in [3.63, 3.8) is 0 Å². The molecule has 2 aromatic carbocycles. The molecule has 1 N–H and O–H groups in total. The van der Waals surface area contributed by atoms with Gasteiger partial charge < -0.3 is 0 Å². The molecule has 2 heterocycles. The lowest BCUT2D eigenvalue weighted by Crippen LogP contribution is -2.16. The number of anilines is 1. The fraction of sp³-hybridized carbons (Fsp3) is 0.182. The zero-order valence-corrected chi connectivity index (χ0v) is 18.6. The number of nitrogens with one attached hydrogen (secondary N) is 1. The molecule has 7 nitrogen and oxygen atoms in total. The van der Waals surface area contributed by atoms with Crippen molar-refractivity contribution >= 4 is 27.8 Å². The van der Waals surface area contributed by atoms with Crippen molar-refractivity contribution in [3.05, 3.63) is 87.7 Å². The van der Waals surface area contributed by atoms with Gasteiger partial charge in [0, 0.05) is 15.7 Å². The Bertz CT molecular complexity index is 1210. The first-order valence-electron chi connectivity index (χ1n) is 9.64. The first-order chi connectivity index (χ1) is 14.9. The molecule has 0 aliphatic heterocycles. The van der Waals surface area contributed by atoms with Crippen molar-refractivity contribution in [1.82, 2.24) is 24.5 Å². The maximum atomic E-state index is 13.2. The minimum Gasteiger partial charge on any atom is -0.293 e. The van der Waals surface area contributed by atoms with Gasteiger partial charge in [0.05, 0.1) is 24.3 Å². The van der Waals surface area contributed by atoms with Gasteiger partial charge in [-0.3, -0.25) is 10.1 Å². The highest BCUT2D eigenvalue weighted by Gasteiger charge is 2.17. The van der Waals surface area contributed by atoms with Crippen LogP contribution in [-0.2, 0) is 17.8 Å². The van der Waals surface area contributed by atoms with Crippen LogP contribution in [0.15, 0.2) is 59.3 Å². The summed E-state index contributed by atoms with van der Waals surface area (Å²) in [4.78, 5) is 16.8. The topological polar surface area (TPSA) is 77.6 Å². The number of carbonyl (C=O) groups is 1. The molecule has 0 atom stereocenters. The second kappa shape index (κ2) is 8.81. The van der Waals surface area contributed by atoms with E-state index < -0.39 is 0 Å². The zero-order chi connectivity index (χ0) is 22.0. The van der Waals surface area contributed by atoms with Crippen molar-refractivity contribution in [3.8, 4) is 5.69 Å². The number of rotatable bonds is 6. The Morgan fingerprint density at radius 1 is 1.06 bits per heavy atom. The Morgan fingerprint density at radius 2 is 1.77 bits per heavy atom. The van der Waals surface area contributed by atoms with Crippen LogP contribution in [0.5, 0.6) is 0 Å². The highest BCUT2D eigenvalue weighted by Crippen LogP contribution is 2.19. The Kier molecular flexibility index (Phi) is 5.94. The van der Waals surface area contributed by atoms with E-state index in [4.69, 9.17) is 0 Å². The molecular formula is C22H20BrFN6O. The quantitative estimate of drug-likeness (QED) is 0.446. The van der Waals surface area contributed by atoms with Crippen molar-refractivity contribution in [1.29, 1.82) is 0 Å². The molecule has 0 saturated heterocycles. The molecule has 0 saturated carbocycles. The van der Waals surface area contributed by atoms with Gasteiger partial charge in [0.1, 0.15) is 12.1 Å². The fourth-order valence-corrected chi connectivity index (χ4v) is 3.56. The van der Waals surface area contributed by atoms with Crippen molar-refractivity contribution in [2.45, 2.75) is 26.8 Å². The molecule has 158 valence electrons. The Morgan fingerprint density at radius 3 is 2.48 bits per heavy atom. The summed E-state index contributed by atoms with van der Waals surface area (Å²) >= 11 is 3.41. The Labute approximate surface area is 187 Å². The van der Waals surface area contributed by atoms with Crippen LogP contribution in [0.3, 0.4) is 0 Å². The standard InChI is InChI=1S/C22H20BrFN6O/c1-14-20(15(2)30(27-14)19-9-7-18(24)8-10-19)11-21(31)26-22-25-13-29(28-22)12-16-3-5-17(23)6-4-16/h3-10,13H,11-12H2,1-2H3,(H,26,28,31). The van der Waals surface area contributed by atoms with Gasteiger partial charge in [-0.15, -0.1) is 5.10 Å². The third-order valence-corrected chi connectivity index (χ3v) is 5.42. The average Bonchev–Trinajstić information content (AvgIpc) is 3.29. The molecule has 0 bridgehead atoms. The van der Waals surface area contributed by atoms with E-state index in [9.17, 15) is 9.18 Å². The van der Waals surface area contributed by atoms with Crippen molar-refractivity contribution < 1.29 is 9.18 Å². The van der Waals surface area contributed by atoms with Crippen LogP contribution < -0.4 is 5.32 Å². The molecular weight excluding hydrogens is 463 g/mol. The number of nitrogens with zero attached hydrogens (tertiary/aromatic N) is 5. The summed E-state index contributed by atoms with van der Waals surface area (Å²) in [6.07, 6.45) is 1.72. The summed E-state index contributed by atoms with van der Waals surface area (Å²) in [5, 5.41) is 11.6. The first kappa shape index (κ1) is 20.9. The van der Waals surface area contributed by atoms with Crippen LogP contribution in [0.25, 0.3) is 5.69 Å². The third-order valence-electron chi connectivity index (χ3n) is 4.90. The van der Waals surface area contributed by atoms with E-state index in [0.717, 1.165) is 32.7 Å². The lowest BCUT2D eigenvalue weighted by molar-refractivity contribution is -0.115. The number of carbonyl (C=O) groups excluding carboxylic acids is 1. The molecule has 0 spiro atoms. The van der Waals surface area contributed by atoms with E-state index in [1.165, 1.54) is 12.1 Å². The molecule has 4 aromatic rings. The van der Waals surface area contributed by atoms with Gasteiger partial charge >= 0.3 is 0 Å². The molecule has 9 heteroatoms. The van der Waals surface area contributed by atoms with Gasteiger partial charge in [0.25, 0.3) is 0 Å². The van der Waals surface area contributed by atoms with E-state index in [1.807, 2.05) is 38.1 Å². The van der Waals surface area contributed by atoms with Gasteiger partial charge in [0.15, 0.2) is 0 Å². The predicted molar refractivity (Wildman–Crippen MR) is 119 cm³/mol. The molecule has 0 aliphatic carbocycles. The van der Waals surface area contributed by atoms with E-state index >= 15 is 0 Å². The number of hydrogen-bond acceptors (Lipinski definition) is 4. The molecule has 0 radical (unpaired) electrons. The van der Waals surface area contributed by atoms with Crippen LogP contribution in [0.1, 0.15) is 22.5 Å². The molecule has 4 rings (SSSR count). The van der Waals surface area contributed by atoms with Gasteiger partial charge in [-0.2, -0.15) is 5.10 Å². The van der Waals surface area contributed by atoms with Crippen molar-refractivity contribution in [2.24, 2.45) is 0 Å². The molecule has 0 aliphatic rings. The monoisotopic (exact) mass is 482 g/mol. The average molecular weight is 483 g/mol. The highest BCUT2D eigenvalue weighted by molar-refractivity contribution is 9.10. The van der Waals surface area contributed by atoms with Crippen LogP contribution in [0.4, 0.5) is 10.3 Å². The fourth-order valence-electron chi connectivity index (χ4n) is 3.30. The number of hydrogen-bond donors (Lipinski definition) is 1. The highest BCUT2D eigenvalue weighted by atomic mass is 79.9. The van der Waals surface area contributed by atoms with Crippen LogP contribution >= 0.6 is 15.9 Å². The van der Waals surface area contributed by atoms with Crippen LogP contribution in [0.2, 0.25) is 0 Å². The lowest BCUT2D eigenvalue weighted by atomic mass is 10.1. The van der Waals surface area contributed by atoms with Gasteiger partial charge in [-0.1, -0.05) is 28.1 Å². The van der Waals surface area contributed by atoms with Crippen LogP contribution in [-0.4, -0.2) is 30.5 Å². The van der Waals surface area contributed by atoms with E-state index in [1.54, 1.807) is 27.8 Å². The summed E-state index contributed by atoms with van der Waals surface area (Å²) in [5.41, 5.74) is 4.20. The molecule has 31 heavy (non-hydrogen) atoms. The van der Waals surface area contributed by atoms with E-state index in [0.29, 0.717) is 6.54 Å². The summed E-state index contributed by atoms with van der Waals surface area (Å²) in [6.45, 7) is 4.29. The maximum absolute atomic E-state index is 13.2. The summed E-state index contributed by atoms with van der Waals surface area (Å²) in [5.74, 6) is -0.286. The number of benzene rings is 2. The molecule has 2 aromatic heterocycles. The summed E-state index contributed by atoms with van der Waals surface area (Å²) in [6, 6.07) is 14.0. The number of aromatic nitrogens is 5. The normalized spacial score (nSPS) is 11.0. The van der Waals surface area contributed by atoms with Gasteiger partial charge in [0.2, 0.25) is 11.9 Å². The second-order valence-corrected chi connectivity index (χ2v) is 8.07. The predicted octanol–water partition coefficient (Wildman–Crippen LogP) is 4.21. The smallest absolute Gasteiger partial charge is 0.248 e. The first-order valence-corrected chi connectivity index (χ1v) is 10.4. The summed E-state index contributed by atoms with van der Waals surface area (Å²) < 4.78 is 17.6. The number of aryl methyl sites for hydroxylation is 1. The largest absolute Gasteiger partial charge is 0.293 e. The van der Waals surface area contributed by atoms with Gasteiger partial charge in [-0.25, -0.2) is 18.7 Å². The Hall–Kier alpha value is -3.33. The molecule has 0 unspecified atom stereocenters. The third kappa shape index (κ3) is 4.88. The van der Waals surface area contributed by atoms with E-state index in [-0.39, 0.29) is 24.1 Å². The van der Waals surface area contributed by atoms with E-state index in [2.05, 4.69) is 36.4 Å². The molecule has 0 fully saturated rings.